The fraction of sp³-hybridized carbons (Fsp3) is 0.783. The Morgan fingerprint density at radius 2 is 2.00 bits per heavy atom. The zero-order valence-electron chi connectivity index (χ0n) is 17.1. The number of carbonyl (C=O) groups is 1. The number of hydrogen-bond acceptors (Lipinski definition) is 3. The molecule has 0 heterocycles. The van der Waals surface area contributed by atoms with Gasteiger partial charge < -0.3 is 4.74 Å². The summed E-state index contributed by atoms with van der Waals surface area (Å²) in [7, 11) is 0. The number of esters is 1. The minimum absolute atomic E-state index is 0.104. The molecule has 0 N–H and O–H groups in total. The number of allylic oxidation sites excluding steroid dienone is 2. The van der Waals surface area contributed by atoms with E-state index in [4.69, 9.17) is 4.74 Å². The molecule has 0 aromatic rings. The molecule has 0 amide bonds. The Balaban J connectivity index is 2.03. The highest BCUT2D eigenvalue weighted by molar-refractivity contribution is 5.76. The van der Waals surface area contributed by atoms with E-state index in [1.807, 2.05) is 20.8 Å². The molecule has 0 aromatic heterocycles. The van der Waals surface area contributed by atoms with Gasteiger partial charge in [0.05, 0.1) is 5.41 Å². The van der Waals surface area contributed by atoms with Crippen LogP contribution in [0.1, 0.15) is 79.6 Å². The summed E-state index contributed by atoms with van der Waals surface area (Å²) in [6.45, 7) is 10.2. The Hall–Kier alpha value is -1.34. The van der Waals surface area contributed by atoms with Crippen LogP contribution in [0, 0.1) is 28.6 Å². The summed E-state index contributed by atoms with van der Waals surface area (Å²) in [5, 5.41) is 0. The van der Waals surface area contributed by atoms with Crippen molar-refractivity contribution in [2.75, 3.05) is 0 Å². The first kappa shape index (κ1) is 19.4. The van der Waals surface area contributed by atoms with Crippen LogP contribution in [0.3, 0.4) is 0 Å². The average Bonchev–Trinajstić information content (AvgIpc) is 3.25. The van der Waals surface area contributed by atoms with Crippen molar-refractivity contribution in [3.63, 3.8) is 0 Å². The lowest BCUT2D eigenvalue weighted by atomic mass is 9.66. The monoisotopic (exact) mass is 358 g/mol. The van der Waals surface area contributed by atoms with Gasteiger partial charge in [0.15, 0.2) is 0 Å². The smallest absolute Gasteiger partial charge is 0.312 e. The van der Waals surface area contributed by atoms with E-state index in [0.717, 1.165) is 25.7 Å². The predicted molar refractivity (Wildman–Crippen MR) is 103 cm³/mol. The first-order chi connectivity index (χ1) is 12.2. The fourth-order valence-corrected chi connectivity index (χ4v) is 5.89. The average molecular weight is 359 g/mol. The first-order valence-electron chi connectivity index (χ1n) is 10.4. The predicted octanol–water partition coefficient (Wildman–Crippen LogP) is 5.28. The number of rotatable bonds is 6. The van der Waals surface area contributed by atoms with Crippen LogP contribution in [0.15, 0.2) is 17.7 Å². The molecule has 0 spiro atoms. The Labute approximate surface area is 158 Å². The van der Waals surface area contributed by atoms with Gasteiger partial charge in [-0.25, -0.2) is 4.79 Å². The molecule has 0 radical (unpaired) electrons. The lowest BCUT2D eigenvalue weighted by molar-refractivity contribution is -0.174. The van der Waals surface area contributed by atoms with Gasteiger partial charge in [-0.15, -0.1) is 0 Å². The molecule has 2 bridgehead atoms. The topological polar surface area (TPSA) is 43.4 Å². The van der Waals surface area contributed by atoms with Gasteiger partial charge in [0.1, 0.15) is 11.5 Å². The minimum atomic E-state index is -0.553. The van der Waals surface area contributed by atoms with Crippen molar-refractivity contribution >= 4 is 11.9 Å². The van der Waals surface area contributed by atoms with Crippen LogP contribution >= 0.6 is 0 Å². The molecule has 5 unspecified atom stereocenters. The van der Waals surface area contributed by atoms with Gasteiger partial charge >= 0.3 is 5.97 Å². The summed E-state index contributed by atoms with van der Waals surface area (Å²) in [6, 6.07) is 0. The second kappa shape index (κ2) is 6.68. The molecule has 3 heteroatoms. The largest absolute Gasteiger partial charge is 0.454 e. The Morgan fingerprint density at radius 1 is 1.27 bits per heavy atom. The third-order valence-electron chi connectivity index (χ3n) is 7.77. The third kappa shape index (κ3) is 2.89. The molecule has 26 heavy (non-hydrogen) atoms. The second-order valence-electron chi connectivity index (χ2n) is 9.61. The number of carbonyl (C=O) groups excluding carboxylic acids is 2. The van der Waals surface area contributed by atoms with Gasteiger partial charge in [-0.05, 0) is 70.8 Å². The third-order valence-corrected chi connectivity index (χ3v) is 7.77. The molecule has 0 aromatic carbocycles. The molecular formula is C23H34O3. The van der Waals surface area contributed by atoms with E-state index < -0.39 is 11.0 Å². The highest BCUT2D eigenvalue weighted by atomic mass is 16.6. The van der Waals surface area contributed by atoms with Crippen LogP contribution in [-0.4, -0.2) is 17.5 Å². The summed E-state index contributed by atoms with van der Waals surface area (Å²) >= 11 is 0. The van der Waals surface area contributed by atoms with E-state index in [1.54, 1.807) is 6.08 Å². The zero-order chi connectivity index (χ0) is 19.2. The molecule has 3 aliphatic carbocycles. The van der Waals surface area contributed by atoms with Crippen molar-refractivity contribution in [3.8, 4) is 0 Å². The van der Waals surface area contributed by atoms with E-state index in [-0.39, 0.29) is 11.4 Å². The van der Waals surface area contributed by atoms with Crippen LogP contribution in [0.5, 0.6) is 0 Å². The fourth-order valence-electron chi connectivity index (χ4n) is 5.89. The van der Waals surface area contributed by atoms with Crippen LogP contribution in [0.2, 0.25) is 0 Å². The molecule has 3 aliphatic rings. The van der Waals surface area contributed by atoms with E-state index in [9.17, 15) is 9.59 Å². The molecule has 3 nitrogen and oxygen atoms in total. The van der Waals surface area contributed by atoms with Gasteiger partial charge in [0.25, 0.3) is 0 Å². The van der Waals surface area contributed by atoms with Gasteiger partial charge in [0.2, 0.25) is 0 Å². The van der Waals surface area contributed by atoms with Crippen molar-refractivity contribution in [1.29, 1.82) is 0 Å². The van der Waals surface area contributed by atoms with Gasteiger partial charge in [-0.1, -0.05) is 25.8 Å². The van der Waals surface area contributed by atoms with E-state index in [0.29, 0.717) is 17.8 Å². The maximum atomic E-state index is 13.0. The molecule has 3 fully saturated rings. The van der Waals surface area contributed by atoms with Crippen LogP contribution in [0.4, 0.5) is 0 Å². The summed E-state index contributed by atoms with van der Waals surface area (Å²) in [4.78, 5) is 24.4. The Morgan fingerprint density at radius 3 is 2.62 bits per heavy atom. The van der Waals surface area contributed by atoms with Crippen molar-refractivity contribution < 1.29 is 14.3 Å². The van der Waals surface area contributed by atoms with E-state index in [1.165, 1.54) is 24.8 Å². The molecular weight excluding hydrogens is 324 g/mol. The number of fused-ring (bicyclic) bond motifs is 5. The van der Waals surface area contributed by atoms with Crippen LogP contribution < -0.4 is 0 Å². The van der Waals surface area contributed by atoms with Crippen molar-refractivity contribution in [2.45, 2.75) is 85.2 Å². The molecule has 3 rings (SSSR count). The van der Waals surface area contributed by atoms with Gasteiger partial charge in [-0.2, -0.15) is 0 Å². The highest BCUT2D eigenvalue weighted by Gasteiger charge is 2.68. The van der Waals surface area contributed by atoms with Gasteiger partial charge in [-0.3, -0.25) is 4.79 Å². The molecule has 0 saturated heterocycles. The SMILES string of the molecule is CC/C(C)=C\C1(OC(=O)C(C)(C)CC)CC2(C=C=O)CC1C1CCCC12. The lowest BCUT2D eigenvalue weighted by Gasteiger charge is -2.44. The number of hydrogen-bond donors (Lipinski definition) is 0. The summed E-state index contributed by atoms with van der Waals surface area (Å²) in [5.41, 5.74) is 0.0994. The van der Waals surface area contributed by atoms with E-state index >= 15 is 0 Å². The quantitative estimate of drug-likeness (QED) is 0.369. The summed E-state index contributed by atoms with van der Waals surface area (Å²) in [6.07, 6.45) is 11.1. The standard InChI is InChI=1S/C23H34O3/c1-6-16(3)13-23(26-20(25)21(4,5)7-2)15-22(11-12-24)14-19(23)17-9-8-10-18(17)22/h11,13,17-19H,6-10,14-15H2,1-5H3/b16-13-. The Bertz CT molecular complexity index is 654. The Kier molecular flexibility index (Phi) is 4.99. The molecule has 5 atom stereocenters. The van der Waals surface area contributed by atoms with E-state index in [2.05, 4.69) is 25.9 Å². The molecule has 144 valence electrons. The van der Waals surface area contributed by atoms with Crippen molar-refractivity contribution in [3.05, 3.63) is 17.7 Å². The zero-order valence-corrected chi connectivity index (χ0v) is 17.1. The second-order valence-corrected chi connectivity index (χ2v) is 9.61. The van der Waals surface area contributed by atoms with Crippen LogP contribution in [0.25, 0.3) is 0 Å². The highest BCUT2D eigenvalue weighted by Crippen LogP contribution is 2.70. The summed E-state index contributed by atoms with van der Waals surface area (Å²) < 4.78 is 6.38. The maximum absolute atomic E-state index is 13.0. The van der Waals surface area contributed by atoms with Crippen LogP contribution in [-0.2, 0) is 14.3 Å². The molecule has 0 aliphatic heterocycles. The van der Waals surface area contributed by atoms with Crippen molar-refractivity contribution in [2.24, 2.45) is 28.6 Å². The first-order valence-corrected chi connectivity index (χ1v) is 10.4. The molecule has 3 saturated carbocycles. The summed E-state index contributed by atoms with van der Waals surface area (Å²) in [5.74, 6) is 3.46. The lowest BCUT2D eigenvalue weighted by Crippen LogP contribution is -2.48. The number of ether oxygens (including phenoxy) is 1. The minimum Gasteiger partial charge on any atom is -0.454 e. The van der Waals surface area contributed by atoms with Gasteiger partial charge in [0, 0.05) is 23.8 Å². The normalized spacial score (nSPS) is 38.8. The van der Waals surface area contributed by atoms with Crippen molar-refractivity contribution in [1.82, 2.24) is 0 Å². The maximum Gasteiger partial charge on any atom is 0.312 e.